The molecular formula is C18H19NO2. The van der Waals surface area contributed by atoms with Crippen LogP contribution < -0.4 is 4.90 Å². The maximum atomic E-state index is 11.1. The molecule has 108 valence electrons. The van der Waals surface area contributed by atoms with Gasteiger partial charge in [-0.2, -0.15) is 0 Å². The van der Waals surface area contributed by atoms with Gasteiger partial charge in [-0.05, 0) is 24.1 Å². The molecule has 2 aliphatic heterocycles. The first-order valence-electron chi connectivity index (χ1n) is 7.45. The van der Waals surface area contributed by atoms with Crippen LogP contribution in [0.1, 0.15) is 23.1 Å². The molecule has 4 rings (SSSR count). The van der Waals surface area contributed by atoms with Crippen LogP contribution in [0.5, 0.6) is 0 Å². The van der Waals surface area contributed by atoms with Gasteiger partial charge in [0.2, 0.25) is 0 Å². The van der Waals surface area contributed by atoms with Crippen LogP contribution in [0, 0.1) is 6.92 Å². The van der Waals surface area contributed by atoms with E-state index in [1.54, 1.807) is 0 Å². The molecule has 0 bridgehead atoms. The largest absolute Gasteiger partial charge is 0.380 e. The molecule has 1 N–H and O–H groups in total. The SMILES string of the molecule is Cc1cccc2c1C1(O)CCOC1N2Cc1ccccc1. The van der Waals surface area contributed by atoms with Crippen LogP contribution >= 0.6 is 0 Å². The lowest BCUT2D eigenvalue weighted by molar-refractivity contribution is -0.0316. The number of nitrogens with zero attached hydrogens (tertiary/aromatic N) is 1. The molecule has 1 fully saturated rings. The quantitative estimate of drug-likeness (QED) is 0.918. The van der Waals surface area contributed by atoms with Gasteiger partial charge in [0.25, 0.3) is 0 Å². The van der Waals surface area contributed by atoms with E-state index in [0.717, 1.165) is 23.4 Å². The van der Waals surface area contributed by atoms with Crippen LogP contribution in [-0.2, 0) is 16.9 Å². The third-order valence-corrected chi connectivity index (χ3v) is 4.64. The molecule has 2 aromatic rings. The Morgan fingerprint density at radius 3 is 2.81 bits per heavy atom. The van der Waals surface area contributed by atoms with Crippen LogP contribution in [-0.4, -0.2) is 17.9 Å². The van der Waals surface area contributed by atoms with Crippen molar-refractivity contribution in [1.82, 2.24) is 0 Å². The van der Waals surface area contributed by atoms with Gasteiger partial charge in [0.05, 0.1) is 6.61 Å². The fourth-order valence-electron chi connectivity index (χ4n) is 3.71. The number of anilines is 1. The van der Waals surface area contributed by atoms with Gasteiger partial charge in [-0.25, -0.2) is 0 Å². The van der Waals surface area contributed by atoms with Gasteiger partial charge >= 0.3 is 0 Å². The molecule has 2 aromatic carbocycles. The predicted octanol–water partition coefficient (Wildman–Crippen LogP) is 2.95. The van der Waals surface area contributed by atoms with Gasteiger partial charge in [-0.1, -0.05) is 42.5 Å². The van der Waals surface area contributed by atoms with Gasteiger partial charge in [-0.15, -0.1) is 0 Å². The van der Waals surface area contributed by atoms with Crippen molar-refractivity contribution in [2.75, 3.05) is 11.5 Å². The van der Waals surface area contributed by atoms with E-state index in [4.69, 9.17) is 4.74 Å². The van der Waals surface area contributed by atoms with Gasteiger partial charge in [0.1, 0.15) is 5.60 Å². The molecule has 0 aliphatic carbocycles. The van der Waals surface area contributed by atoms with E-state index in [2.05, 4.69) is 42.2 Å². The van der Waals surface area contributed by atoms with Crippen LogP contribution in [0.4, 0.5) is 5.69 Å². The number of aliphatic hydroxyl groups is 1. The smallest absolute Gasteiger partial charge is 0.163 e. The zero-order valence-corrected chi connectivity index (χ0v) is 12.1. The minimum Gasteiger partial charge on any atom is -0.380 e. The number of rotatable bonds is 2. The summed E-state index contributed by atoms with van der Waals surface area (Å²) in [5.74, 6) is 0. The Morgan fingerprint density at radius 1 is 1.19 bits per heavy atom. The monoisotopic (exact) mass is 281 g/mol. The first-order chi connectivity index (χ1) is 10.2. The summed E-state index contributed by atoms with van der Waals surface area (Å²) >= 11 is 0. The molecule has 0 amide bonds. The molecule has 0 spiro atoms. The van der Waals surface area contributed by atoms with E-state index in [-0.39, 0.29) is 6.23 Å². The Bertz CT molecular complexity index is 670. The fraction of sp³-hybridized carbons (Fsp3) is 0.333. The Hall–Kier alpha value is -1.84. The van der Waals surface area contributed by atoms with Gasteiger partial charge in [0, 0.05) is 24.2 Å². The highest BCUT2D eigenvalue weighted by molar-refractivity contribution is 5.65. The molecule has 0 radical (unpaired) electrons. The zero-order chi connectivity index (χ0) is 14.4. The maximum absolute atomic E-state index is 11.1. The number of hydrogen-bond donors (Lipinski definition) is 1. The minimum absolute atomic E-state index is 0.270. The second kappa shape index (κ2) is 4.58. The highest BCUT2D eigenvalue weighted by Gasteiger charge is 2.54. The van der Waals surface area contributed by atoms with Gasteiger partial charge < -0.3 is 14.7 Å². The number of aryl methyl sites for hydroxylation is 1. The second-order valence-corrected chi connectivity index (χ2v) is 5.98. The predicted molar refractivity (Wildman–Crippen MR) is 82.1 cm³/mol. The lowest BCUT2D eigenvalue weighted by Gasteiger charge is -2.29. The van der Waals surface area contributed by atoms with Crippen LogP contribution in [0.15, 0.2) is 48.5 Å². The normalized spacial score (nSPS) is 26.8. The average molecular weight is 281 g/mol. The molecule has 3 nitrogen and oxygen atoms in total. The minimum atomic E-state index is -0.866. The number of ether oxygens (including phenoxy) is 1. The van der Waals surface area contributed by atoms with Gasteiger partial charge in [0.15, 0.2) is 6.23 Å². The highest BCUT2D eigenvalue weighted by Crippen LogP contribution is 2.51. The van der Waals surface area contributed by atoms with Crippen molar-refractivity contribution in [1.29, 1.82) is 0 Å². The lowest BCUT2D eigenvalue weighted by Crippen LogP contribution is -2.41. The van der Waals surface area contributed by atoms with E-state index in [1.807, 2.05) is 18.2 Å². The molecule has 2 heterocycles. The Morgan fingerprint density at radius 2 is 2.00 bits per heavy atom. The highest BCUT2D eigenvalue weighted by atomic mass is 16.5. The summed E-state index contributed by atoms with van der Waals surface area (Å²) < 4.78 is 5.88. The van der Waals surface area contributed by atoms with Crippen molar-refractivity contribution in [2.45, 2.75) is 31.7 Å². The number of hydrogen-bond acceptors (Lipinski definition) is 3. The van der Waals surface area contributed by atoms with E-state index in [1.165, 1.54) is 5.56 Å². The van der Waals surface area contributed by atoms with Crippen LogP contribution in [0.25, 0.3) is 0 Å². The lowest BCUT2D eigenvalue weighted by atomic mass is 9.90. The number of benzene rings is 2. The molecule has 2 unspecified atom stereocenters. The van der Waals surface area contributed by atoms with E-state index in [0.29, 0.717) is 13.0 Å². The van der Waals surface area contributed by atoms with Crippen molar-refractivity contribution >= 4 is 5.69 Å². The van der Waals surface area contributed by atoms with E-state index >= 15 is 0 Å². The molecule has 3 heteroatoms. The molecule has 2 atom stereocenters. The zero-order valence-electron chi connectivity index (χ0n) is 12.1. The summed E-state index contributed by atoms with van der Waals surface area (Å²) in [5, 5.41) is 11.1. The van der Waals surface area contributed by atoms with Crippen molar-refractivity contribution in [3.63, 3.8) is 0 Å². The van der Waals surface area contributed by atoms with Gasteiger partial charge in [-0.3, -0.25) is 0 Å². The first-order valence-corrected chi connectivity index (χ1v) is 7.45. The van der Waals surface area contributed by atoms with E-state index < -0.39 is 5.60 Å². The molecular weight excluding hydrogens is 262 g/mol. The summed E-state index contributed by atoms with van der Waals surface area (Å²) in [4.78, 5) is 2.20. The Labute approximate surface area is 124 Å². The van der Waals surface area contributed by atoms with Crippen molar-refractivity contribution in [3.05, 3.63) is 65.2 Å². The average Bonchev–Trinajstić information content (AvgIpc) is 2.97. The fourth-order valence-corrected chi connectivity index (χ4v) is 3.71. The molecule has 0 aromatic heterocycles. The molecule has 2 aliphatic rings. The third kappa shape index (κ3) is 1.81. The van der Waals surface area contributed by atoms with Crippen molar-refractivity contribution in [3.8, 4) is 0 Å². The summed E-state index contributed by atoms with van der Waals surface area (Å²) in [6.07, 6.45) is 0.398. The Balaban J connectivity index is 1.80. The van der Waals surface area contributed by atoms with Crippen LogP contribution in [0.3, 0.4) is 0 Å². The van der Waals surface area contributed by atoms with E-state index in [9.17, 15) is 5.11 Å². The topological polar surface area (TPSA) is 32.7 Å². The standard InChI is InChI=1S/C18H19NO2/c1-13-6-5-9-15-16(13)18(20)10-11-21-17(18)19(15)12-14-7-3-2-4-8-14/h2-9,17,20H,10-12H2,1H3. The summed E-state index contributed by atoms with van der Waals surface area (Å²) in [5.41, 5.74) is 3.65. The number of fused-ring (bicyclic) bond motifs is 3. The molecule has 1 saturated heterocycles. The molecule has 21 heavy (non-hydrogen) atoms. The maximum Gasteiger partial charge on any atom is 0.163 e. The summed E-state index contributed by atoms with van der Waals surface area (Å²) in [6.45, 7) is 3.43. The van der Waals surface area contributed by atoms with Crippen molar-refractivity contribution < 1.29 is 9.84 Å². The first kappa shape index (κ1) is 12.9. The molecule has 0 saturated carbocycles. The summed E-state index contributed by atoms with van der Waals surface area (Å²) in [6, 6.07) is 16.5. The third-order valence-electron chi connectivity index (χ3n) is 4.64. The van der Waals surface area contributed by atoms with Crippen LogP contribution in [0.2, 0.25) is 0 Å². The Kier molecular flexibility index (Phi) is 2.81. The second-order valence-electron chi connectivity index (χ2n) is 5.98. The summed E-state index contributed by atoms with van der Waals surface area (Å²) in [7, 11) is 0. The van der Waals surface area contributed by atoms with Crippen molar-refractivity contribution in [2.24, 2.45) is 0 Å².